The minimum atomic E-state index is -0.399. The van der Waals surface area contributed by atoms with E-state index in [-0.39, 0.29) is 5.75 Å². The van der Waals surface area contributed by atoms with E-state index in [9.17, 15) is 4.39 Å². The standard InChI is InChI=1S/C15H9BrFNO/c16-10-5-6-12(17)15(9-10)19-14-7-8-18-13-4-2-1-3-11(13)14/h1-9H. The number of rotatable bonds is 2. The Morgan fingerprint density at radius 2 is 1.84 bits per heavy atom. The molecule has 1 heterocycles. The molecule has 0 unspecified atom stereocenters. The largest absolute Gasteiger partial charge is 0.453 e. The third-order valence-corrected chi connectivity index (χ3v) is 3.22. The van der Waals surface area contributed by atoms with Crippen LogP contribution in [0.5, 0.6) is 11.5 Å². The fourth-order valence-electron chi connectivity index (χ4n) is 1.83. The summed E-state index contributed by atoms with van der Waals surface area (Å²) in [6, 6.07) is 13.9. The lowest BCUT2D eigenvalue weighted by Gasteiger charge is -2.09. The van der Waals surface area contributed by atoms with Crippen LogP contribution < -0.4 is 4.74 Å². The number of hydrogen-bond acceptors (Lipinski definition) is 2. The predicted octanol–water partition coefficient (Wildman–Crippen LogP) is 4.93. The number of para-hydroxylation sites is 1. The van der Waals surface area contributed by atoms with E-state index in [1.807, 2.05) is 24.3 Å². The van der Waals surface area contributed by atoms with Crippen LogP contribution >= 0.6 is 15.9 Å². The van der Waals surface area contributed by atoms with Crippen LogP contribution in [0.2, 0.25) is 0 Å². The van der Waals surface area contributed by atoms with Crippen LogP contribution in [0.3, 0.4) is 0 Å². The molecule has 0 saturated carbocycles. The van der Waals surface area contributed by atoms with Gasteiger partial charge in [0, 0.05) is 16.1 Å². The topological polar surface area (TPSA) is 22.1 Å². The van der Waals surface area contributed by atoms with Gasteiger partial charge in [-0.15, -0.1) is 0 Å². The Morgan fingerprint density at radius 1 is 1.00 bits per heavy atom. The predicted molar refractivity (Wildman–Crippen MR) is 75.9 cm³/mol. The summed E-state index contributed by atoms with van der Waals surface area (Å²) in [6.07, 6.45) is 1.65. The summed E-state index contributed by atoms with van der Waals surface area (Å²) in [5.41, 5.74) is 0.815. The zero-order valence-electron chi connectivity index (χ0n) is 9.81. The van der Waals surface area contributed by atoms with E-state index >= 15 is 0 Å². The second-order valence-electron chi connectivity index (χ2n) is 4.00. The van der Waals surface area contributed by atoms with Gasteiger partial charge >= 0.3 is 0 Å². The maximum Gasteiger partial charge on any atom is 0.165 e. The van der Waals surface area contributed by atoms with Gasteiger partial charge in [-0.3, -0.25) is 4.98 Å². The number of ether oxygens (including phenoxy) is 1. The van der Waals surface area contributed by atoms with E-state index < -0.39 is 5.82 Å². The van der Waals surface area contributed by atoms with Crippen LogP contribution in [-0.2, 0) is 0 Å². The van der Waals surface area contributed by atoms with Crippen molar-refractivity contribution >= 4 is 26.8 Å². The molecule has 0 fully saturated rings. The van der Waals surface area contributed by atoms with Crippen molar-refractivity contribution in [1.82, 2.24) is 4.98 Å². The lowest BCUT2D eigenvalue weighted by Crippen LogP contribution is -1.90. The van der Waals surface area contributed by atoms with Gasteiger partial charge in [-0.2, -0.15) is 0 Å². The van der Waals surface area contributed by atoms with Crippen LogP contribution in [0.25, 0.3) is 10.9 Å². The third kappa shape index (κ3) is 2.44. The minimum absolute atomic E-state index is 0.186. The highest BCUT2D eigenvalue weighted by Crippen LogP contribution is 2.31. The molecular formula is C15H9BrFNO. The van der Waals surface area contributed by atoms with Crippen molar-refractivity contribution in [3.8, 4) is 11.5 Å². The molecule has 19 heavy (non-hydrogen) atoms. The molecule has 3 aromatic rings. The molecule has 0 radical (unpaired) electrons. The molecule has 0 aliphatic rings. The molecule has 2 nitrogen and oxygen atoms in total. The highest BCUT2D eigenvalue weighted by Gasteiger charge is 2.08. The third-order valence-electron chi connectivity index (χ3n) is 2.72. The Kier molecular flexibility index (Phi) is 3.17. The number of benzene rings is 2. The molecule has 4 heteroatoms. The highest BCUT2D eigenvalue weighted by atomic mass is 79.9. The number of halogens is 2. The molecule has 3 rings (SSSR count). The Bertz CT molecular complexity index is 740. The normalized spacial score (nSPS) is 10.6. The van der Waals surface area contributed by atoms with Crippen LogP contribution in [-0.4, -0.2) is 4.98 Å². The monoisotopic (exact) mass is 317 g/mol. The van der Waals surface area contributed by atoms with Gasteiger partial charge < -0.3 is 4.74 Å². The summed E-state index contributed by atoms with van der Waals surface area (Å²) < 4.78 is 20.1. The first kappa shape index (κ1) is 12.1. The molecular weight excluding hydrogens is 309 g/mol. The quantitative estimate of drug-likeness (QED) is 0.668. The van der Waals surface area contributed by atoms with E-state index in [1.165, 1.54) is 6.07 Å². The smallest absolute Gasteiger partial charge is 0.165 e. The Balaban J connectivity index is 2.08. The first-order valence-electron chi connectivity index (χ1n) is 5.71. The lowest BCUT2D eigenvalue weighted by atomic mass is 10.2. The van der Waals surface area contributed by atoms with Crippen molar-refractivity contribution in [3.63, 3.8) is 0 Å². The first-order chi connectivity index (χ1) is 9.24. The van der Waals surface area contributed by atoms with Gasteiger partial charge in [0.25, 0.3) is 0 Å². The average Bonchev–Trinajstić information content (AvgIpc) is 2.43. The molecule has 1 aromatic heterocycles. The Morgan fingerprint density at radius 3 is 2.74 bits per heavy atom. The second-order valence-corrected chi connectivity index (χ2v) is 4.92. The number of nitrogens with zero attached hydrogens (tertiary/aromatic N) is 1. The van der Waals surface area contributed by atoms with Gasteiger partial charge in [-0.05, 0) is 36.4 Å². The van der Waals surface area contributed by atoms with Crippen molar-refractivity contribution in [2.45, 2.75) is 0 Å². The van der Waals surface area contributed by atoms with E-state index in [1.54, 1.807) is 24.4 Å². The first-order valence-corrected chi connectivity index (χ1v) is 6.50. The van der Waals surface area contributed by atoms with Gasteiger partial charge in [-0.25, -0.2) is 4.39 Å². The molecule has 0 atom stereocenters. The zero-order chi connectivity index (χ0) is 13.2. The van der Waals surface area contributed by atoms with E-state index in [0.29, 0.717) is 5.75 Å². The van der Waals surface area contributed by atoms with Crippen molar-refractivity contribution in [2.24, 2.45) is 0 Å². The van der Waals surface area contributed by atoms with Crippen LogP contribution in [0.15, 0.2) is 59.2 Å². The molecule has 0 aliphatic heterocycles. The highest BCUT2D eigenvalue weighted by molar-refractivity contribution is 9.10. The van der Waals surface area contributed by atoms with E-state index in [0.717, 1.165) is 15.4 Å². The zero-order valence-corrected chi connectivity index (χ0v) is 11.4. The average molecular weight is 318 g/mol. The van der Waals surface area contributed by atoms with Gasteiger partial charge in [-0.1, -0.05) is 28.1 Å². The summed E-state index contributed by atoms with van der Waals surface area (Å²) in [5, 5.41) is 0.851. The fraction of sp³-hybridized carbons (Fsp3) is 0. The molecule has 0 saturated heterocycles. The number of aromatic nitrogens is 1. The number of hydrogen-bond donors (Lipinski definition) is 0. The van der Waals surface area contributed by atoms with Gasteiger partial charge in [0.05, 0.1) is 5.52 Å². The van der Waals surface area contributed by atoms with Crippen molar-refractivity contribution < 1.29 is 9.13 Å². The summed E-state index contributed by atoms with van der Waals surface area (Å²) in [6.45, 7) is 0. The summed E-state index contributed by atoms with van der Waals surface area (Å²) in [5.74, 6) is 0.373. The van der Waals surface area contributed by atoms with Gasteiger partial charge in [0.2, 0.25) is 0 Å². The van der Waals surface area contributed by atoms with Crippen LogP contribution in [0.4, 0.5) is 4.39 Å². The maximum absolute atomic E-state index is 13.7. The maximum atomic E-state index is 13.7. The molecule has 0 spiro atoms. The molecule has 0 N–H and O–H groups in total. The summed E-state index contributed by atoms with van der Waals surface area (Å²) in [4.78, 5) is 4.24. The number of pyridine rings is 1. The molecule has 0 amide bonds. The van der Waals surface area contributed by atoms with Crippen molar-refractivity contribution in [1.29, 1.82) is 0 Å². The van der Waals surface area contributed by atoms with Crippen molar-refractivity contribution in [2.75, 3.05) is 0 Å². The minimum Gasteiger partial charge on any atom is -0.453 e. The molecule has 2 aromatic carbocycles. The molecule has 0 bridgehead atoms. The Hall–Kier alpha value is -1.94. The van der Waals surface area contributed by atoms with Crippen molar-refractivity contribution in [3.05, 3.63) is 65.0 Å². The molecule has 0 aliphatic carbocycles. The van der Waals surface area contributed by atoms with Gasteiger partial charge in [0.1, 0.15) is 5.75 Å². The fourth-order valence-corrected chi connectivity index (χ4v) is 2.17. The summed E-state index contributed by atoms with van der Waals surface area (Å²) in [7, 11) is 0. The van der Waals surface area contributed by atoms with Gasteiger partial charge in [0.15, 0.2) is 11.6 Å². The lowest BCUT2D eigenvalue weighted by molar-refractivity contribution is 0.446. The van der Waals surface area contributed by atoms with E-state index in [2.05, 4.69) is 20.9 Å². The van der Waals surface area contributed by atoms with Crippen LogP contribution in [0.1, 0.15) is 0 Å². The number of fused-ring (bicyclic) bond motifs is 1. The van der Waals surface area contributed by atoms with Crippen LogP contribution in [0, 0.1) is 5.82 Å². The molecule has 94 valence electrons. The van der Waals surface area contributed by atoms with E-state index in [4.69, 9.17) is 4.74 Å². The Labute approximate surface area is 118 Å². The SMILES string of the molecule is Fc1ccc(Br)cc1Oc1ccnc2ccccc12. The summed E-state index contributed by atoms with van der Waals surface area (Å²) >= 11 is 3.30. The second kappa shape index (κ2) is 4.97.